The van der Waals surface area contributed by atoms with Gasteiger partial charge in [0.15, 0.2) is 17.2 Å². The average Bonchev–Trinajstić information content (AvgIpc) is 3.02. The van der Waals surface area contributed by atoms with Crippen molar-refractivity contribution in [1.82, 2.24) is 15.3 Å². The smallest absolute Gasteiger partial charge is 0.493 e. The van der Waals surface area contributed by atoms with Crippen LogP contribution in [0.5, 0.6) is 17.2 Å². The fourth-order valence-corrected chi connectivity index (χ4v) is 6.00. The van der Waals surface area contributed by atoms with E-state index in [0.29, 0.717) is 25.1 Å². The van der Waals surface area contributed by atoms with Gasteiger partial charge in [0.2, 0.25) is 27.8 Å². The number of methoxy groups -OCH3 is 2. The number of hydrogen-bond donors (Lipinski definition) is 5. The molecule has 1 heterocycles. The molecule has 0 saturated heterocycles. The maximum Gasteiger partial charge on any atom is 0.573 e. The summed E-state index contributed by atoms with van der Waals surface area (Å²) in [5, 5.41) is 16.5. The van der Waals surface area contributed by atoms with E-state index in [-0.39, 0.29) is 58.3 Å². The molecule has 0 spiro atoms. The molecule has 4 rings (SSSR count). The summed E-state index contributed by atoms with van der Waals surface area (Å²) in [6.45, 7) is 3.96. The van der Waals surface area contributed by atoms with Crippen molar-refractivity contribution in [3.63, 3.8) is 0 Å². The maximum absolute atomic E-state index is 13.2. The molecule has 0 aliphatic heterocycles. The Kier molecular flexibility index (Phi) is 11.3. The van der Waals surface area contributed by atoms with Gasteiger partial charge in [-0.05, 0) is 61.9 Å². The van der Waals surface area contributed by atoms with Gasteiger partial charge in [-0.1, -0.05) is 12.6 Å². The van der Waals surface area contributed by atoms with Crippen LogP contribution in [0, 0.1) is 11.8 Å². The highest BCUT2D eigenvalue weighted by molar-refractivity contribution is 7.89. The molecule has 0 radical (unpaired) electrons. The van der Waals surface area contributed by atoms with E-state index < -0.39 is 27.0 Å². The Morgan fingerprint density at radius 2 is 1.77 bits per heavy atom. The molecule has 2 amide bonds. The minimum atomic E-state index is -5.18. The number of nitrogens with one attached hydrogen (secondary N) is 4. The molecule has 258 valence electrons. The SMILES string of the molecule is C=CC(=O)NCC1CCC(C(=O)Nc2cc(Nc3nccc(Nc4cccc(OC(F)(F)F)c4S(N)(=O)=O)n3)c(OC)c(OC)c2)CC1. The summed E-state index contributed by atoms with van der Waals surface area (Å²) in [6, 6.07) is 7.65. The number of hydrogen-bond acceptors (Lipinski definition) is 11. The third-order valence-electron chi connectivity index (χ3n) is 7.37. The predicted octanol–water partition coefficient (Wildman–Crippen LogP) is 4.57. The fourth-order valence-electron chi connectivity index (χ4n) is 5.18. The number of nitrogens with zero attached hydrogens (tertiary/aromatic N) is 2. The van der Waals surface area contributed by atoms with Crippen molar-refractivity contribution in [3.8, 4) is 17.2 Å². The van der Waals surface area contributed by atoms with Crippen molar-refractivity contribution in [2.45, 2.75) is 36.9 Å². The molecule has 0 bridgehead atoms. The van der Waals surface area contributed by atoms with Gasteiger partial charge in [-0.2, -0.15) is 4.98 Å². The normalized spacial score (nSPS) is 16.3. The highest BCUT2D eigenvalue weighted by Gasteiger charge is 2.34. The van der Waals surface area contributed by atoms with Crippen LogP contribution in [0.25, 0.3) is 0 Å². The van der Waals surface area contributed by atoms with E-state index in [9.17, 15) is 31.2 Å². The number of primary sulfonamides is 1. The molecule has 1 aliphatic rings. The number of alkyl halides is 3. The second kappa shape index (κ2) is 15.2. The Balaban J connectivity index is 1.53. The van der Waals surface area contributed by atoms with Crippen molar-refractivity contribution < 1.29 is 45.4 Å². The first kappa shape index (κ1) is 35.7. The molecule has 6 N–H and O–H groups in total. The topological polar surface area (TPSA) is 196 Å². The summed E-state index contributed by atoms with van der Waals surface area (Å²) in [5.74, 6) is -0.960. The first-order valence-electron chi connectivity index (χ1n) is 14.5. The molecule has 1 aliphatic carbocycles. The lowest BCUT2D eigenvalue weighted by Crippen LogP contribution is -2.33. The minimum absolute atomic E-state index is 0.0170. The average molecular weight is 694 g/mol. The molecule has 0 unspecified atom stereocenters. The molecule has 0 atom stereocenters. The summed E-state index contributed by atoms with van der Waals surface area (Å²) in [5.41, 5.74) is 0.342. The summed E-state index contributed by atoms with van der Waals surface area (Å²) < 4.78 is 78.2. The molecule has 1 aromatic heterocycles. The molecule has 14 nitrogen and oxygen atoms in total. The second-order valence-corrected chi connectivity index (χ2v) is 12.2. The predicted molar refractivity (Wildman–Crippen MR) is 170 cm³/mol. The number of aromatic nitrogens is 2. The molecular formula is C30H34F3N7O7S. The van der Waals surface area contributed by atoms with Crippen LogP contribution in [0.1, 0.15) is 25.7 Å². The van der Waals surface area contributed by atoms with Crippen LogP contribution >= 0.6 is 0 Å². The lowest BCUT2D eigenvalue weighted by molar-refractivity contribution is -0.275. The van der Waals surface area contributed by atoms with E-state index in [0.717, 1.165) is 25.0 Å². The van der Waals surface area contributed by atoms with Gasteiger partial charge >= 0.3 is 6.36 Å². The second-order valence-electron chi connectivity index (χ2n) is 10.7. The van der Waals surface area contributed by atoms with E-state index in [1.807, 2.05) is 0 Å². The van der Waals surface area contributed by atoms with Crippen LogP contribution in [0.2, 0.25) is 0 Å². The quantitative estimate of drug-likeness (QED) is 0.157. The summed E-state index contributed by atoms with van der Waals surface area (Å²) in [6.07, 6.45) is 0.179. The Morgan fingerprint density at radius 1 is 1.04 bits per heavy atom. The van der Waals surface area contributed by atoms with Crippen molar-refractivity contribution in [2.24, 2.45) is 17.0 Å². The van der Waals surface area contributed by atoms with Crippen LogP contribution in [-0.2, 0) is 19.6 Å². The van der Waals surface area contributed by atoms with Crippen molar-refractivity contribution in [3.05, 3.63) is 55.3 Å². The van der Waals surface area contributed by atoms with E-state index in [2.05, 4.69) is 42.6 Å². The van der Waals surface area contributed by atoms with Crippen molar-refractivity contribution in [2.75, 3.05) is 36.7 Å². The standard InChI is InChI=1S/C30H34F3N7O7S/c1-4-25(41)36-16-17-8-10-18(11-9-17)28(42)37-19-14-21(26(46-3)23(15-19)45-2)39-29-35-13-12-24(40-29)38-20-6-5-7-22(47-30(31,32)33)27(20)48(34,43)44/h4-7,12-15,17-18H,1,8-11,16H2,2-3H3,(H,36,41)(H,37,42)(H2,34,43,44)(H2,35,38,39,40). The Bertz CT molecular complexity index is 1770. The van der Waals surface area contributed by atoms with Gasteiger partial charge in [-0.25, -0.2) is 18.5 Å². The molecular weight excluding hydrogens is 659 g/mol. The zero-order valence-electron chi connectivity index (χ0n) is 25.9. The Hall–Kier alpha value is -5.10. The number of carbonyl (C=O) groups excluding carboxylic acids is 2. The van der Waals surface area contributed by atoms with E-state index in [1.165, 1.54) is 38.6 Å². The lowest BCUT2D eigenvalue weighted by atomic mass is 9.81. The van der Waals surface area contributed by atoms with E-state index in [4.69, 9.17) is 14.6 Å². The Morgan fingerprint density at radius 3 is 2.40 bits per heavy atom. The van der Waals surface area contributed by atoms with Gasteiger partial charge in [-0.3, -0.25) is 9.59 Å². The molecule has 2 aromatic carbocycles. The minimum Gasteiger partial charge on any atom is -0.493 e. The number of benzene rings is 2. The largest absolute Gasteiger partial charge is 0.573 e. The summed E-state index contributed by atoms with van der Waals surface area (Å²) >= 11 is 0. The van der Waals surface area contributed by atoms with Gasteiger partial charge < -0.3 is 35.5 Å². The molecule has 18 heteroatoms. The van der Waals surface area contributed by atoms with Crippen molar-refractivity contribution >= 4 is 50.7 Å². The summed E-state index contributed by atoms with van der Waals surface area (Å²) in [4.78, 5) is 32.2. The number of ether oxygens (including phenoxy) is 3. The first-order valence-corrected chi connectivity index (χ1v) is 16.0. The number of amides is 2. The number of halogens is 3. The maximum atomic E-state index is 13.2. The third kappa shape index (κ3) is 9.47. The monoisotopic (exact) mass is 693 g/mol. The number of anilines is 5. The lowest BCUT2D eigenvalue weighted by Gasteiger charge is -2.28. The molecule has 48 heavy (non-hydrogen) atoms. The number of carbonyl (C=O) groups is 2. The number of rotatable bonds is 13. The number of nitrogens with two attached hydrogens (primary N) is 1. The van der Waals surface area contributed by atoms with Crippen LogP contribution in [-0.4, -0.2) is 57.3 Å². The van der Waals surface area contributed by atoms with Crippen LogP contribution in [0.15, 0.2) is 60.1 Å². The summed E-state index contributed by atoms with van der Waals surface area (Å²) in [7, 11) is -1.87. The molecule has 1 saturated carbocycles. The Labute approximate surface area is 274 Å². The zero-order chi connectivity index (χ0) is 35.1. The molecule has 3 aromatic rings. The van der Waals surface area contributed by atoms with Crippen LogP contribution in [0.3, 0.4) is 0 Å². The van der Waals surface area contributed by atoms with Crippen LogP contribution < -0.4 is 40.6 Å². The van der Waals surface area contributed by atoms with Gasteiger partial charge in [0.25, 0.3) is 0 Å². The van der Waals surface area contributed by atoms with E-state index >= 15 is 0 Å². The zero-order valence-corrected chi connectivity index (χ0v) is 26.7. The van der Waals surface area contributed by atoms with Gasteiger partial charge in [0.05, 0.1) is 25.6 Å². The first-order chi connectivity index (χ1) is 22.7. The van der Waals surface area contributed by atoms with Gasteiger partial charge in [0, 0.05) is 30.4 Å². The molecule has 1 fully saturated rings. The number of sulfonamides is 1. The van der Waals surface area contributed by atoms with Crippen molar-refractivity contribution in [1.29, 1.82) is 0 Å². The van der Waals surface area contributed by atoms with Gasteiger partial charge in [-0.15, -0.1) is 13.2 Å². The van der Waals surface area contributed by atoms with E-state index in [1.54, 1.807) is 12.1 Å². The highest BCUT2D eigenvalue weighted by atomic mass is 32.2. The highest BCUT2D eigenvalue weighted by Crippen LogP contribution is 2.40. The fraction of sp³-hybridized carbons (Fsp3) is 0.333. The van der Waals surface area contributed by atoms with Gasteiger partial charge in [0.1, 0.15) is 10.7 Å². The third-order valence-corrected chi connectivity index (χ3v) is 8.36. The van der Waals surface area contributed by atoms with Crippen LogP contribution in [0.4, 0.5) is 42.0 Å².